The van der Waals surface area contributed by atoms with Crippen molar-refractivity contribution < 1.29 is 14.0 Å². The van der Waals surface area contributed by atoms with Crippen molar-refractivity contribution in [3.63, 3.8) is 0 Å². The minimum absolute atomic E-state index is 0.149. The fourth-order valence-corrected chi connectivity index (χ4v) is 3.36. The van der Waals surface area contributed by atoms with Crippen LogP contribution in [0.25, 0.3) is 11.3 Å². The maximum Gasteiger partial charge on any atom is 0.253 e. The van der Waals surface area contributed by atoms with Gasteiger partial charge in [0.1, 0.15) is 0 Å². The average molecular weight is 460 g/mol. The lowest BCUT2D eigenvalue weighted by Crippen LogP contribution is -2.28. The second-order valence-electron chi connectivity index (χ2n) is 7.44. The van der Waals surface area contributed by atoms with Crippen molar-refractivity contribution in [2.45, 2.75) is 26.7 Å². The molecule has 8 heteroatoms. The number of nitrogens with zero attached hydrogens (tertiary/aromatic N) is 1. The van der Waals surface area contributed by atoms with E-state index >= 15 is 0 Å². The Bertz CT molecular complexity index is 1080. The number of anilines is 1. The topological polar surface area (TPSA) is 84.2 Å². The summed E-state index contributed by atoms with van der Waals surface area (Å²) in [6.07, 6.45) is 2.02. The molecule has 0 bridgehead atoms. The van der Waals surface area contributed by atoms with Crippen molar-refractivity contribution in [2.24, 2.45) is 5.92 Å². The lowest BCUT2D eigenvalue weighted by Gasteiger charge is -2.12. The first-order valence-electron chi connectivity index (χ1n) is 9.90. The summed E-state index contributed by atoms with van der Waals surface area (Å²) < 4.78 is 5.72. The Kier molecular flexibility index (Phi) is 7.71. The number of aryl methyl sites for hydroxylation is 1. The van der Waals surface area contributed by atoms with E-state index in [-0.39, 0.29) is 18.2 Å². The molecule has 1 heterocycles. The van der Waals surface area contributed by atoms with Crippen LogP contribution in [-0.2, 0) is 11.2 Å². The summed E-state index contributed by atoms with van der Waals surface area (Å²) in [4.78, 5) is 29.1. The monoisotopic (exact) mass is 459 g/mol. The zero-order chi connectivity index (χ0) is 22.4. The van der Waals surface area contributed by atoms with Gasteiger partial charge in [-0.25, -0.2) is 4.98 Å². The smallest absolute Gasteiger partial charge is 0.253 e. The lowest BCUT2D eigenvalue weighted by molar-refractivity contribution is -0.116. The first-order valence-corrected chi connectivity index (χ1v) is 10.7. The molecule has 2 aromatic carbocycles. The Labute approximate surface area is 191 Å². The zero-order valence-corrected chi connectivity index (χ0v) is 18.8. The molecule has 3 aromatic rings. The molecule has 162 valence electrons. The van der Waals surface area contributed by atoms with Crippen molar-refractivity contribution in [3.8, 4) is 11.3 Å². The molecule has 0 atom stereocenters. The van der Waals surface area contributed by atoms with E-state index in [0.29, 0.717) is 57.4 Å². The van der Waals surface area contributed by atoms with Crippen LogP contribution < -0.4 is 10.6 Å². The number of rotatable bonds is 8. The van der Waals surface area contributed by atoms with Gasteiger partial charge in [0.25, 0.3) is 5.91 Å². The van der Waals surface area contributed by atoms with E-state index in [2.05, 4.69) is 15.6 Å². The lowest BCUT2D eigenvalue weighted by atomic mass is 10.1. The molecule has 31 heavy (non-hydrogen) atoms. The van der Waals surface area contributed by atoms with Crippen molar-refractivity contribution in [2.75, 3.05) is 11.9 Å². The Hall–Kier alpha value is -2.83. The molecule has 0 fully saturated rings. The molecule has 1 aromatic heterocycles. The largest absolute Gasteiger partial charge is 0.441 e. The average Bonchev–Trinajstić information content (AvgIpc) is 3.19. The highest BCUT2D eigenvalue weighted by molar-refractivity contribution is 6.36. The van der Waals surface area contributed by atoms with Gasteiger partial charge in [-0.2, -0.15) is 0 Å². The fraction of sp³-hybridized carbons (Fsp3) is 0.261. The van der Waals surface area contributed by atoms with Crippen LogP contribution in [0.2, 0.25) is 10.0 Å². The van der Waals surface area contributed by atoms with Gasteiger partial charge in [0.05, 0.1) is 22.5 Å². The third-order valence-electron chi connectivity index (χ3n) is 4.43. The number of para-hydroxylation sites is 1. The van der Waals surface area contributed by atoms with E-state index in [4.69, 9.17) is 27.6 Å². The van der Waals surface area contributed by atoms with Gasteiger partial charge in [-0.3, -0.25) is 9.59 Å². The minimum atomic E-state index is -0.242. The van der Waals surface area contributed by atoms with Crippen LogP contribution >= 0.6 is 23.2 Å². The van der Waals surface area contributed by atoms with Gasteiger partial charge in [0, 0.05) is 30.0 Å². The number of hydrogen-bond acceptors (Lipinski definition) is 4. The van der Waals surface area contributed by atoms with Crippen molar-refractivity contribution in [1.82, 2.24) is 10.3 Å². The van der Waals surface area contributed by atoms with Crippen molar-refractivity contribution in [1.29, 1.82) is 0 Å². The van der Waals surface area contributed by atoms with Crippen LogP contribution in [0.4, 0.5) is 5.69 Å². The third kappa shape index (κ3) is 6.32. The van der Waals surface area contributed by atoms with Crippen LogP contribution in [0.5, 0.6) is 0 Å². The number of halogens is 2. The highest BCUT2D eigenvalue weighted by Crippen LogP contribution is 2.30. The molecule has 2 N–H and O–H groups in total. The van der Waals surface area contributed by atoms with Gasteiger partial charge in [-0.15, -0.1) is 0 Å². The van der Waals surface area contributed by atoms with Gasteiger partial charge < -0.3 is 15.1 Å². The SMILES string of the molecule is CC(C)CNC(=O)c1ccccc1NC(=O)CCc1ncc(-c2ccc(Cl)cc2Cl)o1. The summed E-state index contributed by atoms with van der Waals surface area (Å²) in [5.41, 5.74) is 1.57. The van der Waals surface area contributed by atoms with E-state index in [1.54, 1.807) is 48.7 Å². The molecule has 0 aliphatic heterocycles. The molecule has 0 unspecified atom stereocenters. The Balaban J connectivity index is 1.60. The summed E-state index contributed by atoms with van der Waals surface area (Å²) >= 11 is 12.1. The van der Waals surface area contributed by atoms with E-state index < -0.39 is 0 Å². The Morgan fingerprint density at radius 2 is 1.90 bits per heavy atom. The number of benzene rings is 2. The zero-order valence-electron chi connectivity index (χ0n) is 17.2. The molecular weight excluding hydrogens is 437 g/mol. The molecule has 0 saturated carbocycles. The summed E-state index contributed by atoms with van der Waals surface area (Å²) in [5, 5.41) is 6.65. The number of carbonyl (C=O) groups is 2. The fourth-order valence-electron chi connectivity index (χ4n) is 2.85. The number of oxazole rings is 1. The van der Waals surface area contributed by atoms with Gasteiger partial charge in [-0.1, -0.05) is 49.2 Å². The second-order valence-corrected chi connectivity index (χ2v) is 8.28. The molecule has 0 aliphatic carbocycles. The van der Waals surface area contributed by atoms with Crippen LogP contribution in [0.3, 0.4) is 0 Å². The maximum absolute atomic E-state index is 12.4. The molecule has 0 spiro atoms. The van der Waals surface area contributed by atoms with Crippen LogP contribution in [-0.4, -0.2) is 23.3 Å². The second kappa shape index (κ2) is 10.5. The van der Waals surface area contributed by atoms with Crippen LogP contribution in [0, 0.1) is 5.92 Å². The van der Waals surface area contributed by atoms with E-state index in [9.17, 15) is 9.59 Å². The molecule has 6 nitrogen and oxygen atoms in total. The number of amides is 2. The van der Waals surface area contributed by atoms with Crippen molar-refractivity contribution in [3.05, 3.63) is 70.2 Å². The highest BCUT2D eigenvalue weighted by Gasteiger charge is 2.15. The van der Waals surface area contributed by atoms with E-state index in [1.807, 2.05) is 13.8 Å². The molecule has 0 saturated heterocycles. The van der Waals surface area contributed by atoms with Gasteiger partial charge in [0.15, 0.2) is 11.7 Å². The van der Waals surface area contributed by atoms with Gasteiger partial charge in [0.2, 0.25) is 5.91 Å². The van der Waals surface area contributed by atoms with Crippen LogP contribution in [0.1, 0.15) is 36.5 Å². The third-order valence-corrected chi connectivity index (χ3v) is 4.98. The van der Waals surface area contributed by atoms with E-state index in [0.717, 1.165) is 0 Å². The summed E-state index contributed by atoms with van der Waals surface area (Å²) in [6.45, 7) is 4.59. The molecular formula is C23H23Cl2N3O3. The molecule has 3 rings (SSSR count). The summed E-state index contributed by atoms with van der Waals surface area (Å²) in [6, 6.07) is 12.0. The van der Waals surface area contributed by atoms with E-state index in [1.165, 1.54) is 0 Å². The quantitative estimate of drug-likeness (QED) is 0.458. The highest BCUT2D eigenvalue weighted by atomic mass is 35.5. The molecule has 0 radical (unpaired) electrons. The number of aromatic nitrogens is 1. The van der Waals surface area contributed by atoms with Crippen molar-refractivity contribution >= 4 is 40.7 Å². The normalized spacial score (nSPS) is 10.9. The molecule has 0 aliphatic rings. The minimum Gasteiger partial charge on any atom is -0.441 e. The number of hydrogen-bond donors (Lipinski definition) is 2. The maximum atomic E-state index is 12.4. The first-order chi connectivity index (χ1) is 14.8. The summed E-state index contributed by atoms with van der Waals surface area (Å²) in [5.74, 6) is 0.790. The van der Waals surface area contributed by atoms with Gasteiger partial charge in [-0.05, 0) is 36.2 Å². The number of nitrogens with one attached hydrogen (secondary N) is 2. The number of carbonyl (C=O) groups excluding carboxylic acids is 2. The standard InChI is InChI=1S/C23H23Cl2N3O3/c1-14(2)12-27-23(30)17-5-3-4-6-19(17)28-21(29)9-10-22-26-13-20(31-22)16-8-7-15(24)11-18(16)25/h3-8,11,13-14H,9-10,12H2,1-2H3,(H,27,30)(H,28,29). The summed E-state index contributed by atoms with van der Waals surface area (Å²) in [7, 11) is 0. The predicted molar refractivity (Wildman–Crippen MR) is 123 cm³/mol. The molecule has 2 amide bonds. The Morgan fingerprint density at radius 3 is 2.65 bits per heavy atom. The Morgan fingerprint density at radius 1 is 1.13 bits per heavy atom. The first kappa shape index (κ1) is 22.8. The predicted octanol–water partition coefficient (Wildman–Crippen LogP) is 5.61. The van der Waals surface area contributed by atoms with Gasteiger partial charge >= 0.3 is 0 Å². The van der Waals surface area contributed by atoms with Crippen LogP contribution in [0.15, 0.2) is 53.1 Å².